The molecule has 0 N–H and O–H groups in total. The van der Waals surface area contributed by atoms with Gasteiger partial charge in [0.25, 0.3) is 0 Å². The van der Waals surface area contributed by atoms with Crippen LogP contribution < -0.4 is 9.64 Å². The molecule has 0 radical (unpaired) electrons. The molecule has 0 fully saturated rings. The molecule has 0 saturated carbocycles. The summed E-state index contributed by atoms with van der Waals surface area (Å²) >= 11 is 0. The largest absolute Gasteiger partial charge is 0.497 e. The van der Waals surface area contributed by atoms with Crippen molar-refractivity contribution in [3.8, 4) is 11.8 Å². The Kier molecular flexibility index (Phi) is 4.84. The minimum absolute atomic E-state index is 0.453. The third-order valence-corrected chi connectivity index (χ3v) is 3.20. The first-order chi connectivity index (χ1) is 8.17. The van der Waals surface area contributed by atoms with Crippen molar-refractivity contribution in [1.29, 1.82) is 5.26 Å². The first-order valence-corrected chi connectivity index (χ1v) is 5.98. The molecule has 0 heterocycles. The molecule has 0 spiro atoms. The molecule has 0 aliphatic carbocycles. The highest BCUT2D eigenvalue weighted by Crippen LogP contribution is 2.27. The van der Waals surface area contributed by atoms with Gasteiger partial charge in [-0.1, -0.05) is 13.8 Å². The normalized spacial score (nSPS) is 10.1. The topological polar surface area (TPSA) is 36.3 Å². The fourth-order valence-corrected chi connectivity index (χ4v) is 2.06. The van der Waals surface area contributed by atoms with Crippen molar-refractivity contribution in [2.24, 2.45) is 0 Å². The lowest BCUT2D eigenvalue weighted by Gasteiger charge is -2.29. The van der Waals surface area contributed by atoms with Gasteiger partial charge in [0.1, 0.15) is 11.8 Å². The Morgan fingerprint density at radius 2 is 2.00 bits per heavy atom. The van der Waals surface area contributed by atoms with E-state index in [1.165, 1.54) is 0 Å². The van der Waals surface area contributed by atoms with E-state index in [1.54, 1.807) is 7.11 Å². The number of rotatable bonds is 5. The molecule has 0 amide bonds. The van der Waals surface area contributed by atoms with Crippen molar-refractivity contribution >= 4 is 5.69 Å². The Labute approximate surface area is 104 Å². The van der Waals surface area contributed by atoms with Crippen LogP contribution in [0, 0.1) is 11.3 Å². The van der Waals surface area contributed by atoms with Crippen LogP contribution in [-0.4, -0.2) is 20.2 Å². The number of anilines is 1. The predicted molar refractivity (Wildman–Crippen MR) is 70.5 cm³/mol. The summed E-state index contributed by atoms with van der Waals surface area (Å²) in [6, 6.07) is 8.25. The SMILES string of the molecule is CCC(CC)N(C)c1cc(OC)ccc1C#N. The lowest BCUT2D eigenvalue weighted by atomic mass is 10.1. The summed E-state index contributed by atoms with van der Waals surface area (Å²) in [7, 11) is 3.68. The first kappa shape index (κ1) is 13.4. The second kappa shape index (κ2) is 6.15. The van der Waals surface area contributed by atoms with Crippen LogP contribution in [0.1, 0.15) is 32.3 Å². The van der Waals surface area contributed by atoms with Gasteiger partial charge in [0.05, 0.1) is 18.4 Å². The van der Waals surface area contributed by atoms with Crippen LogP contribution in [0.4, 0.5) is 5.69 Å². The predicted octanol–water partition coefficient (Wildman–Crippen LogP) is 3.19. The van der Waals surface area contributed by atoms with Crippen molar-refractivity contribution in [2.75, 3.05) is 19.1 Å². The van der Waals surface area contributed by atoms with Crippen LogP contribution in [0.25, 0.3) is 0 Å². The van der Waals surface area contributed by atoms with E-state index in [1.807, 2.05) is 25.2 Å². The standard InChI is InChI=1S/C14H20N2O/c1-5-12(6-2)16(3)14-9-13(17-4)8-7-11(14)10-15/h7-9,12H,5-6H2,1-4H3. The van der Waals surface area contributed by atoms with Gasteiger partial charge < -0.3 is 9.64 Å². The Hall–Kier alpha value is -1.69. The Morgan fingerprint density at radius 3 is 2.47 bits per heavy atom. The van der Waals surface area contributed by atoms with Crippen LogP contribution in [-0.2, 0) is 0 Å². The van der Waals surface area contributed by atoms with Gasteiger partial charge in [-0.2, -0.15) is 5.26 Å². The van der Waals surface area contributed by atoms with Crippen LogP contribution >= 0.6 is 0 Å². The molecule has 17 heavy (non-hydrogen) atoms. The van der Waals surface area contributed by atoms with Crippen molar-refractivity contribution in [3.63, 3.8) is 0 Å². The molecule has 0 unspecified atom stereocenters. The van der Waals surface area contributed by atoms with Gasteiger partial charge in [-0.05, 0) is 25.0 Å². The quantitative estimate of drug-likeness (QED) is 0.782. The first-order valence-electron chi connectivity index (χ1n) is 5.98. The molecule has 1 rings (SSSR count). The van der Waals surface area contributed by atoms with E-state index in [-0.39, 0.29) is 0 Å². The van der Waals surface area contributed by atoms with Crippen molar-refractivity contribution in [3.05, 3.63) is 23.8 Å². The molecular weight excluding hydrogens is 212 g/mol. The minimum Gasteiger partial charge on any atom is -0.497 e. The van der Waals surface area contributed by atoms with Crippen molar-refractivity contribution in [1.82, 2.24) is 0 Å². The molecule has 3 nitrogen and oxygen atoms in total. The lowest BCUT2D eigenvalue weighted by molar-refractivity contribution is 0.414. The summed E-state index contributed by atoms with van der Waals surface area (Å²) in [4.78, 5) is 2.17. The average Bonchev–Trinajstić information content (AvgIpc) is 2.39. The van der Waals surface area contributed by atoms with E-state index in [9.17, 15) is 0 Å². The van der Waals surface area contributed by atoms with E-state index >= 15 is 0 Å². The number of hydrogen-bond donors (Lipinski definition) is 0. The Bertz CT molecular complexity index is 405. The minimum atomic E-state index is 0.453. The molecular formula is C14H20N2O. The maximum atomic E-state index is 9.14. The third-order valence-electron chi connectivity index (χ3n) is 3.20. The Balaban J connectivity index is 3.14. The van der Waals surface area contributed by atoms with Gasteiger partial charge in [-0.25, -0.2) is 0 Å². The number of benzene rings is 1. The summed E-state index contributed by atoms with van der Waals surface area (Å²) in [6.07, 6.45) is 2.13. The summed E-state index contributed by atoms with van der Waals surface area (Å²) in [6.45, 7) is 4.33. The number of methoxy groups -OCH3 is 1. The molecule has 0 aromatic heterocycles. The highest BCUT2D eigenvalue weighted by atomic mass is 16.5. The van der Waals surface area contributed by atoms with Crippen LogP contribution in [0.2, 0.25) is 0 Å². The van der Waals surface area contributed by atoms with E-state index in [0.717, 1.165) is 24.3 Å². The van der Waals surface area contributed by atoms with Gasteiger partial charge in [-0.3, -0.25) is 0 Å². The van der Waals surface area contributed by atoms with Crippen LogP contribution in [0.15, 0.2) is 18.2 Å². The molecule has 1 aromatic carbocycles. The molecule has 0 aliphatic rings. The monoisotopic (exact) mass is 232 g/mol. The van der Waals surface area contributed by atoms with Gasteiger partial charge >= 0.3 is 0 Å². The average molecular weight is 232 g/mol. The Morgan fingerprint density at radius 1 is 1.35 bits per heavy atom. The number of hydrogen-bond acceptors (Lipinski definition) is 3. The molecule has 0 saturated heterocycles. The molecule has 3 heteroatoms. The van der Waals surface area contributed by atoms with E-state index in [2.05, 4.69) is 24.8 Å². The van der Waals surface area contributed by atoms with Crippen molar-refractivity contribution < 1.29 is 4.74 Å². The fraction of sp³-hybridized carbons (Fsp3) is 0.500. The number of nitriles is 1. The van der Waals surface area contributed by atoms with Gasteiger partial charge in [0.2, 0.25) is 0 Å². The highest BCUT2D eigenvalue weighted by molar-refractivity contribution is 5.62. The summed E-state index contributed by atoms with van der Waals surface area (Å²) in [5.41, 5.74) is 1.64. The van der Waals surface area contributed by atoms with E-state index in [4.69, 9.17) is 10.00 Å². The zero-order valence-electron chi connectivity index (χ0n) is 11.0. The molecule has 0 bridgehead atoms. The smallest absolute Gasteiger partial charge is 0.121 e. The van der Waals surface area contributed by atoms with Crippen LogP contribution in [0.3, 0.4) is 0 Å². The van der Waals surface area contributed by atoms with Gasteiger partial charge in [0, 0.05) is 19.2 Å². The third kappa shape index (κ3) is 2.91. The molecule has 0 aliphatic heterocycles. The number of nitrogens with zero attached hydrogens (tertiary/aromatic N) is 2. The summed E-state index contributed by atoms with van der Waals surface area (Å²) in [5.74, 6) is 0.789. The zero-order chi connectivity index (χ0) is 12.8. The second-order valence-corrected chi connectivity index (χ2v) is 4.08. The van der Waals surface area contributed by atoms with E-state index in [0.29, 0.717) is 11.6 Å². The fourth-order valence-electron chi connectivity index (χ4n) is 2.06. The van der Waals surface area contributed by atoms with Gasteiger partial charge in [-0.15, -0.1) is 0 Å². The number of ether oxygens (including phenoxy) is 1. The van der Waals surface area contributed by atoms with Gasteiger partial charge in [0.15, 0.2) is 0 Å². The highest BCUT2D eigenvalue weighted by Gasteiger charge is 2.15. The molecule has 0 atom stereocenters. The summed E-state index contributed by atoms with van der Waals surface area (Å²) < 4.78 is 5.22. The maximum absolute atomic E-state index is 9.14. The zero-order valence-corrected chi connectivity index (χ0v) is 11.0. The van der Waals surface area contributed by atoms with E-state index < -0.39 is 0 Å². The lowest BCUT2D eigenvalue weighted by Crippen LogP contribution is -2.30. The second-order valence-electron chi connectivity index (χ2n) is 4.08. The summed E-state index contributed by atoms with van der Waals surface area (Å²) in [5, 5.41) is 9.14. The molecule has 1 aromatic rings. The van der Waals surface area contributed by atoms with Crippen LogP contribution in [0.5, 0.6) is 5.75 Å². The maximum Gasteiger partial charge on any atom is 0.121 e. The van der Waals surface area contributed by atoms with Crippen molar-refractivity contribution in [2.45, 2.75) is 32.7 Å². The molecule has 92 valence electrons.